The fourth-order valence-corrected chi connectivity index (χ4v) is 2.83. The summed E-state index contributed by atoms with van der Waals surface area (Å²) in [6.45, 7) is 2.82. The predicted molar refractivity (Wildman–Crippen MR) is 80.1 cm³/mol. The summed E-state index contributed by atoms with van der Waals surface area (Å²) >= 11 is 0. The molecule has 1 atom stereocenters. The Morgan fingerprint density at radius 1 is 1.50 bits per heavy atom. The smallest absolute Gasteiger partial charge is 0.407 e. The number of carbonyl (C=O) groups excluding carboxylic acids is 1. The quantitative estimate of drug-likeness (QED) is 0.722. The average Bonchev–Trinajstić information content (AvgIpc) is 2.88. The molecule has 1 saturated heterocycles. The van der Waals surface area contributed by atoms with E-state index in [1.165, 1.54) is 4.90 Å². The van der Waals surface area contributed by atoms with E-state index in [1.807, 2.05) is 12.1 Å². The highest BCUT2D eigenvalue weighted by Gasteiger charge is 2.23. The Hall–Kier alpha value is -2.28. The van der Waals surface area contributed by atoms with Crippen molar-refractivity contribution in [3.63, 3.8) is 0 Å². The summed E-state index contributed by atoms with van der Waals surface area (Å²) in [5.74, 6) is -0.262. The van der Waals surface area contributed by atoms with E-state index >= 15 is 0 Å². The third kappa shape index (κ3) is 3.14. The third-order valence-corrected chi connectivity index (χ3v) is 4.03. The van der Waals surface area contributed by atoms with Crippen molar-refractivity contribution in [2.24, 2.45) is 0 Å². The minimum absolute atomic E-state index is 0.164. The molecule has 0 radical (unpaired) electrons. The molecule has 1 aromatic rings. The number of carbonyl (C=O) groups is 2. The van der Waals surface area contributed by atoms with Crippen LogP contribution in [0.2, 0.25) is 0 Å². The lowest BCUT2D eigenvalue weighted by atomic mass is 10.1. The Labute approximate surface area is 128 Å². The molecule has 0 spiro atoms. The van der Waals surface area contributed by atoms with Gasteiger partial charge >= 0.3 is 12.1 Å². The Morgan fingerprint density at radius 2 is 2.36 bits per heavy atom. The zero-order chi connectivity index (χ0) is 15.5. The molecule has 1 fully saturated rings. The highest BCUT2D eigenvalue weighted by molar-refractivity contribution is 5.93. The molecule has 0 unspecified atom stereocenters. The average molecular weight is 305 g/mol. The number of benzene rings is 1. The largest absolute Gasteiger partial charge is 0.465 e. The van der Waals surface area contributed by atoms with Crippen molar-refractivity contribution < 1.29 is 19.4 Å². The van der Waals surface area contributed by atoms with E-state index in [2.05, 4.69) is 10.6 Å². The number of fused-ring (bicyclic) bond motifs is 1. The lowest BCUT2D eigenvalue weighted by molar-refractivity contribution is 0.0535. The fourth-order valence-electron chi connectivity index (χ4n) is 2.83. The van der Waals surface area contributed by atoms with Gasteiger partial charge in [-0.1, -0.05) is 0 Å². The summed E-state index contributed by atoms with van der Waals surface area (Å²) in [6, 6.07) is 5.73. The van der Waals surface area contributed by atoms with Crippen molar-refractivity contribution >= 4 is 17.7 Å². The van der Waals surface area contributed by atoms with Gasteiger partial charge in [0.1, 0.15) is 6.61 Å². The maximum absolute atomic E-state index is 11.4. The second-order valence-electron chi connectivity index (χ2n) is 5.54. The van der Waals surface area contributed by atoms with E-state index in [0.717, 1.165) is 24.2 Å². The van der Waals surface area contributed by atoms with Crippen LogP contribution in [0.15, 0.2) is 18.2 Å². The second kappa shape index (κ2) is 6.23. The number of carboxylic acid groups (broad SMARTS) is 1. The first-order chi connectivity index (χ1) is 10.6. The van der Waals surface area contributed by atoms with Crippen molar-refractivity contribution in [2.45, 2.75) is 19.1 Å². The number of nitrogens with one attached hydrogen (secondary N) is 2. The van der Waals surface area contributed by atoms with Crippen molar-refractivity contribution in [1.29, 1.82) is 0 Å². The van der Waals surface area contributed by atoms with Gasteiger partial charge in [-0.25, -0.2) is 9.59 Å². The van der Waals surface area contributed by atoms with Gasteiger partial charge in [0.05, 0.1) is 5.56 Å². The van der Waals surface area contributed by atoms with E-state index < -0.39 is 6.09 Å². The van der Waals surface area contributed by atoms with Crippen LogP contribution in [0.3, 0.4) is 0 Å². The van der Waals surface area contributed by atoms with Crippen LogP contribution >= 0.6 is 0 Å². The number of cyclic esters (lactones) is 1. The number of hydrogen-bond acceptors (Lipinski definition) is 5. The highest BCUT2D eigenvalue weighted by Crippen LogP contribution is 2.23. The molecule has 118 valence electrons. The molecule has 0 bridgehead atoms. The van der Waals surface area contributed by atoms with Gasteiger partial charge in [-0.15, -0.1) is 0 Å². The predicted octanol–water partition coefficient (Wildman–Crippen LogP) is 1.11. The fraction of sp³-hybridized carbons (Fsp3) is 0.467. The SMILES string of the molecule is O=C1OCc2cc(NCC[C@@H]3CN(C(=O)O)CCN3)ccc21. The highest BCUT2D eigenvalue weighted by atomic mass is 16.5. The Kier molecular flexibility index (Phi) is 4.15. The molecular weight excluding hydrogens is 286 g/mol. The first-order valence-electron chi connectivity index (χ1n) is 7.38. The first-order valence-corrected chi connectivity index (χ1v) is 7.38. The van der Waals surface area contributed by atoms with Crippen molar-refractivity contribution in [2.75, 3.05) is 31.5 Å². The molecule has 0 aromatic heterocycles. The molecule has 1 aromatic carbocycles. The molecule has 2 aliphatic rings. The van der Waals surface area contributed by atoms with Crippen LogP contribution in [0, 0.1) is 0 Å². The lowest BCUT2D eigenvalue weighted by Crippen LogP contribution is -2.52. The molecule has 3 N–H and O–H groups in total. The Balaban J connectivity index is 1.49. The van der Waals surface area contributed by atoms with Gasteiger partial charge in [0.2, 0.25) is 0 Å². The lowest BCUT2D eigenvalue weighted by Gasteiger charge is -2.31. The van der Waals surface area contributed by atoms with Gasteiger partial charge < -0.3 is 25.4 Å². The van der Waals surface area contributed by atoms with Crippen LogP contribution in [0.5, 0.6) is 0 Å². The van der Waals surface area contributed by atoms with E-state index in [-0.39, 0.29) is 12.0 Å². The van der Waals surface area contributed by atoms with Crippen LogP contribution in [-0.4, -0.2) is 54.3 Å². The maximum atomic E-state index is 11.4. The molecule has 2 aliphatic heterocycles. The minimum Gasteiger partial charge on any atom is -0.465 e. The van der Waals surface area contributed by atoms with E-state index in [0.29, 0.717) is 31.8 Å². The van der Waals surface area contributed by atoms with Gasteiger partial charge in [0.15, 0.2) is 0 Å². The van der Waals surface area contributed by atoms with Crippen LogP contribution < -0.4 is 10.6 Å². The molecule has 0 aliphatic carbocycles. The monoisotopic (exact) mass is 305 g/mol. The van der Waals surface area contributed by atoms with Gasteiger partial charge in [-0.3, -0.25) is 0 Å². The van der Waals surface area contributed by atoms with Crippen LogP contribution in [0.25, 0.3) is 0 Å². The molecular formula is C15H19N3O4. The Bertz CT molecular complexity index is 590. The second-order valence-corrected chi connectivity index (χ2v) is 5.54. The first kappa shape index (κ1) is 14.6. The van der Waals surface area contributed by atoms with E-state index in [4.69, 9.17) is 9.84 Å². The molecule has 7 heteroatoms. The Morgan fingerprint density at radius 3 is 3.18 bits per heavy atom. The summed E-state index contributed by atoms with van der Waals surface area (Å²) in [4.78, 5) is 23.8. The van der Waals surface area contributed by atoms with Crippen molar-refractivity contribution in [1.82, 2.24) is 10.2 Å². The normalized spacial score (nSPS) is 20.5. The molecule has 0 saturated carbocycles. The number of amides is 1. The van der Waals surface area contributed by atoms with Crippen LogP contribution in [-0.2, 0) is 11.3 Å². The summed E-state index contributed by atoms with van der Waals surface area (Å²) < 4.78 is 4.97. The number of ether oxygens (including phenoxy) is 1. The number of hydrogen-bond donors (Lipinski definition) is 3. The number of piperazine rings is 1. The standard InChI is InChI=1S/C15H19N3O4/c19-14-13-2-1-11(7-10(13)9-22-14)16-4-3-12-8-18(15(20)21)6-5-17-12/h1-2,7,12,16-17H,3-6,8-9H2,(H,20,21)/t12-/m1/s1. The molecule has 22 heavy (non-hydrogen) atoms. The molecule has 2 heterocycles. The van der Waals surface area contributed by atoms with Gasteiger partial charge in [0, 0.05) is 43.5 Å². The number of nitrogens with zero attached hydrogens (tertiary/aromatic N) is 1. The summed E-state index contributed by atoms with van der Waals surface area (Å²) in [6.07, 6.45) is -0.0289. The zero-order valence-corrected chi connectivity index (χ0v) is 12.2. The molecule has 3 rings (SSSR count). The third-order valence-electron chi connectivity index (χ3n) is 4.03. The maximum Gasteiger partial charge on any atom is 0.407 e. The van der Waals surface area contributed by atoms with Crippen LogP contribution in [0.4, 0.5) is 10.5 Å². The topological polar surface area (TPSA) is 90.9 Å². The number of anilines is 1. The summed E-state index contributed by atoms with van der Waals surface area (Å²) in [5, 5.41) is 15.6. The molecule has 1 amide bonds. The van der Waals surface area contributed by atoms with Crippen molar-refractivity contribution in [3.05, 3.63) is 29.3 Å². The summed E-state index contributed by atoms with van der Waals surface area (Å²) in [7, 11) is 0. The zero-order valence-electron chi connectivity index (χ0n) is 12.2. The van der Waals surface area contributed by atoms with E-state index in [1.54, 1.807) is 6.07 Å². The van der Waals surface area contributed by atoms with Crippen LogP contribution in [0.1, 0.15) is 22.3 Å². The van der Waals surface area contributed by atoms with Gasteiger partial charge in [0.25, 0.3) is 0 Å². The van der Waals surface area contributed by atoms with Gasteiger partial charge in [-0.2, -0.15) is 0 Å². The number of rotatable bonds is 4. The molecule has 7 nitrogen and oxygen atoms in total. The number of esters is 1. The van der Waals surface area contributed by atoms with E-state index in [9.17, 15) is 9.59 Å². The summed E-state index contributed by atoms with van der Waals surface area (Å²) in [5.41, 5.74) is 2.49. The van der Waals surface area contributed by atoms with Gasteiger partial charge in [-0.05, 0) is 24.6 Å². The minimum atomic E-state index is -0.859. The van der Waals surface area contributed by atoms with Crippen molar-refractivity contribution in [3.8, 4) is 0 Å².